The molecule has 0 aliphatic carbocycles. The summed E-state index contributed by atoms with van der Waals surface area (Å²) in [7, 11) is 0. The summed E-state index contributed by atoms with van der Waals surface area (Å²) in [6.45, 7) is 4.91. The number of unbranched alkanes of at least 4 members (excludes halogenated alkanes) is 2. The van der Waals surface area contributed by atoms with Crippen molar-refractivity contribution in [1.82, 2.24) is 0 Å². The molecule has 1 rings (SSSR count). The zero-order valence-electron chi connectivity index (χ0n) is 10.8. The highest BCUT2D eigenvalue weighted by Crippen LogP contribution is 2.21. The first-order valence-corrected chi connectivity index (χ1v) is 6.26. The third kappa shape index (κ3) is 5.94. The summed E-state index contributed by atoms with van der Waals surface area (Å²) in [4.78, 5) is 0. The van der Waals surface area contributed by atoms with Gasteiger partial charge in [-0.1, -0.05) is 38.3 Å². The quantitative estimate of drug-likeness (QED) is 0.747. The summed E-state index contributed by atoms with van der Waals surface area (Å²) >= 11 is 0. The van der Waals surface area contributed by atoms with Gasteiger partial charge in [-0.05, 0) is 31.0 Å². The summed E-state index contributed by atoms with van der Waals surface area (Å²) in [6.07, 6.45) is 4.77. The lowest BCUT2D eigenvalue weighted by atomic mass is 10.0. The van der Waals surface area contributed by atoms with E-state index in [1.807, 2.05) is 19.1 Å². The maximum atomic E-state index is 6.15. The van der Waals surface area contributed by atoms with E-state index >= 15 is 0 Å². The Kier molecular flexibility index (Phi) is 8.92. The highest BCUT2D eigenvalue weighted by Gasteiger charge is 2.06. The van der Waals surface area contributed by atoms with E-state index in [0.717, 1.165) is 12.2 Å². The average Bonchev–Trinajstić information content (AvgIpc) is 2.30. The molecule has 1 aromatic carbocycles. The third-order valence-corrected chi connectivity index (χ3v) is 2.72. The molecule has 0 saturated carbocycles. The Morgan fingerprint density at radius 3 is 2.65 bits per heavy atom. The largest absolute Gasteiger partial charge is 0.494 e. The van der Waals surface area contributed by atoms with Gasteiger partial charge in [0.05, 0.1) is 6.61 Å². The van der Waals surface area contributed by atoms with Crippen LogP contribution in [0.4, 0.5) is 0 Å². The van der Waals surface area contributed by atoms with Crippen molar-refractivity contribution in [1.29, 1.82) is 0 Å². The summed E-state index contributed by atoms with van der Waals surface area (Å²) in [6, 6.07) is 8.28. The van der Waals surface area contributed by atoms with Crippen molar-refractivity contribution in [3.63, 3.8) is 0 Å². The average molecular weight is 258 g/mol. The number of benzene rings is 1. The van der Waals surface area contributed by atoms with Gasteiger partial charge < -0.3 is 10.5 Å². The van der Waals surface area contributed by atoms with E-state index in [0.29, 0.717) is 6.61 Å². The molecule has 0 heterocycles. The van der Waals surface area contributed by atoms with E-state index in [1.54, 1.807) is 0 Å². The molecule has 1 atom stereocenters. The molecule has 0 saturated heterocycles. The third-order valence-electron chi connectivity index (χ3n) is 2.72. The minimum atomic E-state index is 0. The van der Waals surface area contributed by atoms with E-state index in [2.05, 4.69) is 19.1 Å². The van der Waals surface area contributed by atoms with Crippen molar-refractivity contribution in [2.75, 3.05) is 6.61 Å². The fourth-order valence-electron chi connectivity index (χ4n) is 1.78. The second kappa shape index (κ2) is 9.32. The number of hydrogen-bond donors (Lipinski definition) is 1. The molecule has 0 fully saturated rings. The number of nitrogens with two attached hydrogens (primary N) is 1. The van der Waals surface area contributed by atoms with E-state index in [9.17, 15) is 0 Å². The lowest BCUT2D eigenvalue weighted by molar-refractivity contribution is 0.339. The molecular weight excluding hydrogens is 234 g/mol. The number of halogens is 1. The first-order chi connectivity index (χ1) is 7.77. The van der Waals surface area contributed by atoms with Gasteiger partial charge in [-0.2, -0.15) is 0 Å². The fourth-order valence-corrected chi connectivity index (χ4v) is 1.78. The number of rotatable bonds is 7. The predicted molar refractivity (Wildman–Crippen MR) is 75.9 cm³/mol. The Morgan fingerprint density at radius 2 is 2.00 bits per heavy atom. The Labute approximate surface area is 111 Å². The van der Waals surface area contributed by atoms with E-state index in [4.69, 9.17) is 10.5 Å². The first-order valence-electron chi connectivity index (χ1n) is 6.26. The maximum absolute atomic E-state index is 6.15. The molecule has 0 spiro atoms. The monoisotopic (exact) mass is 257 g/mol. The number of ether oxygens (including phenoxy) is 1. The van der Waals surface area contributed by atoms with Gasteiger partial charge in [0.25, 0.3) is 0 Å². The minimum Gasteiger partial charge on any atom is -0.494 e. The van der Waals surface area contributed by atoms with Crippen LogP contribution in [0.25, 0.3) is 0 Å². The normalized spacial score (nSPS) is 11.7. The topological polar surface area (TPSA) is 35.2 Å². The Bertz CT molecular complexity index is 304. The molecule has 17 heavy (non-hydrogen) atoms. The van der Waals surface area contributed by atoms with Crippen molar-refractivity contribution >= 4 is 12.4 Å². The van der Waals surface area contributed by atoms with Crippen molar-refractivity contribution in [2.45, 2.75) is 45.6 Å². The smallest absolute Gasteiger partial charge is 0.119 e. The van der Waals surface area contributed by atoms with Crippen LogP contribution in [0.15, 0.2) is 24.3 Å². The maximum Gasteiger partial charge on any atom is 0.119 e. The SMILES string of the molecule is CCCCC[C@@H](N)c1cccc(OCC)c1.Cl. The Hall–Kier alpha value is -0.730. The minimum absolute atomic E-state index is 0. The molecule has 0 aliphatic rings. The van der Waals surface area contributed by atoms with Crippen LogP contribution in [0.1, 0.15) is 51.1 Å². The molecule has 0 radical (unpaired) electrons. The Morgan fingerprint density at radius 1 is 1.24 bits per heavy atom. The van der Waals surface area contributed by atoms with E-state index in [-0.39, 0.29) is 18.4 Å². The van der Waals surface area contributed by atoms with Gasteiger partial charge in [-0.25, -0.2) is 0 Å². The standard InChI is InChI=1S/C14H23NO.ClH/c1-3-5-6-10-14(15)12-8-7-9-13(11-12)16-4-2;/h7-9,11,14H,3-6,10,15H2,1-2H3;1H/t14-;/m1./s1. The van der Waals surface area contributed by atoms with Gasteiger partial charge in [0.1, 0.15) is 5.75 Å². The van der Waals surface area contributed by atoms with Crippen LogP contribution >= 0.6 is 12.4 Å². The predicted octanol–water partition coefficient (Wildman–Crippen LogP) is 4.09. The van der Waals surface area contributed by atoms with Crippen molar-refractivity contribution in [3.8, 4) is 5.75 Å². The van der Waals surface area contributed by atoms with Crippen LogP contribution in [-0.2, 0) is 0 Å². The van der Waals surface area contributed by atoms with Crippen LogP contribution in [0.3, 0.4) is 0 Å². The van der Waals surface area contributed by atoms with Crippen molar-refractivity contribution in [2.24, 2.45) is 5.73 Å². The summed E-state index contributed by atoms with van der Waals surface area (Å²) in [5, 5.41) is 0. The van der Waals surface area contributed by atoms with Crippen molar-refractivity contribution < 1.29 is 4.74 Å². The molecule has 0 amide bonds. The second-order valence-electron chi connectivity index (χ2n) is 4.11. The van der Waals surface area contributed by atoms with Crippen LogP contribution in [0.2, 0.25) is 0 Å². The second-order valence-corrected chi connectivity index (χ2v) is 4.11. The molecule has 1 aromatic rings. The fraction of sp³-hybridized carbons (Fsp3) is 0.571. The molecule has 0 aromatic heterocycles. The molecule has 3 heteroatoms. The zero-order valence-corrected chi connectivity index (χ0v) is 11.6. The molecule has 0 unspecified atom stereocenters. The summed E-state index contributed by atoms with van der Waals surface area (Å²) < 4.78 is 5.47. The first kappa shape index (κ1) is 16.3. The highest BCUT2D eigenvalue weighted by molar-refractivity contribution is 5.85. The molecule has 2 nitrogen and oxygen atoms in total. The van der Waals surface area contributed by atoms with Crippen LogP contribution in [0, 0.1) is 0 Å². The highest BCUT2D eigenvalue weighted by atomic mass is 35.5. The van der Waals surface area contributed by atoms with E-state index < -0.39 is 0 Å². The van der Waals surface area contributed by atoms with Gasteiger partial charge in [-0.15, -0.1) is 12.4 Å². The molecular formula is C14H24ClNO. The number of hydrogen-bond acceptors (Lipinski definition) is 2. The van der Waals surface area contributed by atoms with Gasteiger partial charge in [0, 0.05) is 6.04 Å². The lowest BCUT2D eigenvalue weighted by Gasteiger charge is -2.13. The summed E-state index contributed by atoms with van der Waals surface area (Å²) in [5.41, 5.74) is 7.33. The van der Waals surface area contributed by atoms with Gasteiger partial charge in [0.15, 0.2) is 0 Å². The Balaban J connectivity index is 0.00000256. The molecule has 0 bridgehead atoms. The van der Waals surface area contributed by atoms with Gasteiger partial charge in [0.2, 0.25) is 0 Å². The van der Waals surface area contributed by atoms with Gasteiger partial charge in [-0.3, -0.25) is 0 Å². The molecule has 98 valence electrons. The van der Waals surface area contributed by atoms with Crippen LogP contribution in [-0.4, -0.2) is 6.61 Å². The zero-order chi connectivity index (χ0) is 11.8. The molecule has 2 N–H and O–H groups in total. The van der Waals surface area contributed by atoms with E-state index in [1.165, 1.54) is 24.8 Å². The lowest BCUT2D eigenvalue weighted by Crippen LogP contribution is -2.10. The van der Waals surface area contributed by atoms with Crippen molar-refractivity contribution in [3.05, 3.63) is 29.8 Å². The summed E-state index contributed by atoms with van der Waals surface area (Å²) in [5.74, 6) is 0.922. The van der Waals surface area contributed by atoms with Crippen LogP contribution < -0.4 is 10.5 Å². The molecule has 0 aliphatic heterocycles. The van der Waals surface area contributed by atoms with Gasteiger partial charge >= 0.3 is 0 Å². The van der Waals surface area contributed by atoms with Crippen LogP contribution in [0.5, 0.6) is 5.75 Å².